The largest absolute Gasteiger partial charge is 0.393 e. The van der Waals surface area contributed by atoms with Gasteiger partial charge in [0, 0.05) is 26.1 Å². The van der Waals surface area contributed by atoms with Gasteiger partial charge in [0.15, 0.2) is 0 Å². The minimum atomic E-state index is 0.608. The van der Waals surface area contributed by atoms with Crippen molar-refractivity contribution in [2.24, 2.45) is 11.7 Å². The molecule has 1 rings (SSSR count). The van der Waals surface area contributed by atoms with Crippen LogP contribution in [0.1, 0.15) is 42.5 Å². The van der Waals surface area contributed by atoms with E-state index in [0.29, 0.717) is 10.9 Å². The first-order valence-corrected chi connectivity index (χ1v) is 7.77. The average molecular weight is 292 g/mol. The van der Waals surface area contributed by atoms with Gasteiger partial charge in [-0.1, -0.05) is 43.8 Å². The quantitative estimate of drug-likeness (QED) is 0.776. The van der Waals surface area contributed by atoms with Gasteiger partial charge in [0.1, 0.15) is 0 Å². The summed E-state index contributed by atoms with van der Waals surface area (Å²) in [5.41, 5.74) is 11.2. The van der Waals surface area contributed by atoms with Crippen molar-refractivity contribution >= 4 is 17.2 Å². The van der Waals surface area contributed by atoms with E-state index in [9.17, 15) is 0 Å². The molecule has 1 aromatic rings. The fourth-order valence-corrected chi connectivity index (χ4v) is 2.79. The van der Waals surface area contributed by atoms with Gasteiger partial charge in [0.05, 0.1) is 4.99 Å². The third-order valence-corrected chi connectivity index (χ3v) is 3.72. The zero-order valence-electron chi connectivity index (χ0n) is 13.5. The summed E-state index contributed by atoms with van der Waals surface area (Å²) in [6.45, 7) is 14.1. The zero-order valence-corrected chi connectivity index (χ0v) is 14.3. The van der Waals surface area contributed by atoms with Crippen molar-refractivity contribution in [3.05, 3.63) is 34.4 Å². The van der Waals surface area contributed by atoms with Crippen LogP contribution < -0.4 is 5.73 Å². The Morgan fingerprint density at radius 2 is 1.75 bits per heavy atom. The van der Waals surface area contributed by atoms with Crippen LogP contribution in [0.15, 0.2) is 12.1 Å². The molecule has 0 saturated carbocycles. The SMILES string of the molecule is Cc1cc(C)c(CN(CCC(N)=S)CC(C)C)c(C)c1. The molecule has 0 atom stereocenters. The molecule has 0 spiro atoms. The highest BCUT2D eigenvalue weighted by Gasteiger charge is 2.12. The van der Waals surface area contributed by atoms with E-state index >= 15 is 0 Å². The Labute approximate surface area is 129 Å². The monoisotopic (exact) mass is 292 g/mol. The average Bonchev–Trinajstić information content (AvgIpc) is 2.29. The Hall–Kier alpha value is -0.930. The normalized spacial score (nSPS) is 11.3. The number of hydrogen-bond acceptors (Lipinski definition) is 2. The van der Waals surface area contributed by atoms with Gasteiger partial charge < -0.3 is 5.73 Å². The number of aryl methyl sites for hydroxylation is 3. The van der Waals surface area contributed by atoms with E-state index in [1.807, 2.05) is 0 Å². The molecular weight excluding hydrogens is 264 g/mol. The maximum atomic E-state index is 5.65. The Bertz CT molecular complexity index is 443. The fourth-order valence-electron chi connectivity index (χ4n) is 2.70. The van der Waals surface area contributed by atoms with Crippen molar-refractivity contribution in [1.82, 2.24) is 4.90 Å². The van der Waals surface area contributed by atoms with E-state index in [2.05, 4.69) is 51.7 Å². The summed E-state index contributed by atoms with van der Waals surface area (Å²) in [6, 6.07) is 4.53. The number of hydrogen-bond donors (Lipinski definition) is 1. The topological polar surface area (TPSA) is 29.3 Å². The van der Waals surface area contributed by atoms with Gasteiger partial charge in [-0.3, -0.25) is 4.90 Å². The molecule has 0 aliphatic carbocycles. The summed E-state index contributed by atoms with van der Waals surface area (Å²) in [6.07, 6.45) is 0.798. The van der Waals surface area contributed by atoms with Crippen LogP contribution in [0.5, 0.6) is 0 Å². The number of thiocarbonyl (C=S) groups is 1. The van der Waals surface area contributed by atoms with Crippen LogP contribution in [-0.2, 0) is 6.54 Å². The van der Waals surface area contributed by atoms with Gasteiger partial charge in [0.25, 0.3) is 0 Å². The molecule has 2 nitrogen and oxygen atoms in total. The van der Waals surface area contributed by atoms with Crippen molar-refractivity contribution in [3.8, 4) is 0 Å². The predicted octanol–water partition coefficient (Wildman–Crippen LogP) is 3.75. The van der Waals surface area contributed by atoms with E-state index in [1.165, 1.54) is 22.3 Å². The summed E-state index contributed by atoms with van der Waals surface area (Å²) in [5, 5.41) is 0. The van der Waals surface area contributed by atoms with Crippen molar-refractivity contribution in [2.75, 3.05) is 13.1 Å². The van der Waals surface area contributed by atoms with E-state index in [-0.39, 0.29) is 0 Å². The summed E-state index contributed by atoms with van der Waals surface area (Å²) < 4.78 is 0. The van der Waals surface area contributed by atoms with Crippen LogP contribution in [0.2, 0.25) is 0 Å². The maximum absolute atomic E-state index is 5.65. The lowest BCUT2D eigenvalue weighted by Crippen LogP contribution is -2.31. The number of rotatable bonds is 7. The minimum absolute atomic E-state index is 0.608. The van der Waals surface area contributed by atoms with Gasteiger partial charge in [-0.15, -0.1) is 0 Å². The first-order chi connectivity index (χ1) is 9.29. The lowest BCUT2D eigenvalue weighted by molar-refractivity contribution is 0.242. The molecule has 0 heterocycles. The Kier molecular flexibility index (Phi) is 6.63. The molecule has 3 heteroatoms. The van der Waals surface area contributed by atoms with Crippen LogP contribution in [0.4, 0.5) is 0 Å². The predicted molar refractivity (Wildman–Crippen MR) is 92.2 cm³/mol. The molecule has 0 bridgehead atoms. The van der Waals surface area contributed by atoms with Crippen LogP contribution in [0, 0.1) is 26.7 Å². The minimum Gasteiger partial charge on any atom is -0.393 e. The molecule has 2 N–H and O–H groups in total. The van der Waals surface area contributed by atoms with E-state index in [1.54, 1.807) is 0 Å². The smallest absolute Gasteiger partial charge is 0.0740 e. The Morgan fingerprint density at radius 3 is 2.20 bits per heavy atom. The first kappa shape index (κ1) is 17.1. The van der Waals surface area contributed by atoms with Gasteiger partial charge in [-0.2, -0.15) is 0 Å². The van der Waals surface area contributed by atoms with Crippen LogP contribution in [0.3, 0.4) is 0 Å². The lowest BCUT2D eigenvalue weighted by atomic mass is 9.99. The molecule has 0 saturated heterocycles. The number of nitrogens with zero attached hydrogens (tertiary/aromatic N) is 1. The van der Waals surface area contributed by atoms with E-state index in [0.717, 1.165) is 26.1 Å². The van der Waals surface area contributed by atoms with Crippen molar-refractivity contribution < 1.29 is 0 Å². The molecule has 0 amide bonds. The summed E-state index contributed by atoms with van der Waals surface area (Å²) in [7, 11) is 0. The molecule has 20 heavy (non-hydrogen) atoms. The summed E-state index contributed by atoms with van der Waals surface area (Å²) in [4.78, 5) is 3.07. The Balaban J connectivity index is 2.85. The van der Waals surface area contributed by atoms with Gasteiger partial charge in [-0.25, -0.2) is 0 Å². The van der Waals surface area contributed by atoms with Crippen LogP contribution in [-0.4, -0.2) is 23.0 Å². The summed E-state index contributed by atoms with van der Waals surface area (Å²) in [5.74, 6) is 0.646. The maximum Gasteiger partial charge on any atom is 0.0740 e. The molecule has 1 aromatic carbocycles. The first-order valence-electron chi connectivity index (χ1n) is 7.37. The third-order valence-electron chi connectivity index (χ3n) is 3.52. The molecule has 0 unspecified atom stereocenters. The van der Waals surface area contributed by atoms with E-state index in [4.69, 9.17) is 18.0 Å². The van der Waals surface area contributed by atoms with E-state index < -0.39 is 0 Å². The molecule has 0 aliphatic heterocycles. The van der Waals surface area contributed by atoms with Gasteiger partial charge >= 0.3 is 0 Å². The fraction of sp³-hybridized carbons (Fsp3) is 0.588. The third kappa shape index (κ3) is 5.59. The lowest BCUT2D eigenvalue weighted by Gasteiger charge is -2.26. The van der Waals surface area contributed by atoms with Crippen molar-refractivity contribution in [1.29, 1.82) is 0 Å². The summed E-state index contributed by atoms with van der Waals surface area (Å²) >= 11 is 5.01. The Morgan fingerprint density at radius 1 is 1.20 bits per heavy atom. The number of nitrogens with two attached hydrogens (primary N) is 1. The van der Waals surface area contributed by atoms with Crippen LogP contribution >= 0.6 is 12.2 Å². The second-order valence-electron chi connectivity index (χ2n) is 6.22. The van der Waals surface area contributed by atoms with Crippen LogP contribution in [0.25, 0.3) is 0 Å². The molecular formula is C17H28N2S. The second kappa shape index (κ2) is 7.75. The molecule has 112 valence electrons. The van der Waals surface area contributed by atoms with Crippen molar-refractivity contribution in [3.63, 3.8) is 0 Å². The second-order valence-corrected chi connectivity index (χ2v) is 6.75. The zero-order chi connectivity index (χ0) is 15.3. The molecule has 0 aliphatic rings. The highest BCUT2D eigenvalue weighted by Crippen LogP contribution is 2.19. The van der Waals surface area contributed by atoms with Gasteiger partial charge in [0.2, 0.25) is 0 Å². The molecule has 0 fully saturated rings. The molecule has 0 aromatic heterocycles. The standard InChI is InChI=1S/C17H28N2S/c1-12(2)10-19(7-6-17(18)20)11-16-14(4)8-13(3)9-15(16)5/h8-9,12H,6-7,10-11H2,1-5H3,(H2,18,20). The highest BCUT2D eigenvalue weighted by atomic mass is 32.1. The highest BCUT2D eigenvalue weighted by molar-refractivity contribution is 7.80. The number of benzene rings is 1. The van der Waals surface area contributed by atoms with Crippen molar-refractivity contribution in [2.45, 2.75) is 47.6 Å². The van der Waals surface area contributed by atoms with Gasteiger partial charge in [-0.05, 0) is 43.4 Å². The molecule has 0 radical (unpaired) electrons.